The van der Waals surface area contributed by atoms with Crippen LogP contribution in [-0.2, 0) is 5.41 Å². The lowest BCUT2D eigenvalue weighted by atomic mass is 9.92. The highest BCUT2D eigenvalue weighted by atomic mass is 16.3. The molecular weight excluding hydrogens is 238 g/mol. The zero-order valence-corrected chi connectivity index (χ0v) is 11.9. The summed E-state index contributed by atoms with van der Waals surface area (Å²) in [5.41, 5.74) is 1.98. The summed E-state index contributed by atoms with van der Waals surface area (Å²) in [6, 6.07) is 9.13. The van der Waals surface area contributed by atoms with Gasteiger partial charge in [0.2, 0.25) is 0 Å². The maximum absolute atomic E-state index is 9.37. The van der Waals surface area contributed by atoms with Crippen LogP contribution in [0.1, 0.15) is 33.4 Å². The summed E-state index contributed by atoms with van der Waals surface area (Å²) in [6.45, 7) is 9.34. The number of rotatable bonds is 3. The Labute approximate surface area is 114 Å². The lowest BCUT2D eigenvalue weighted by Crippen LogP contribution is -2.12. The Balaban J connectivity index is 2.48. The van der Waals surface area contributed by atoms with Crippen LogP contribution >= 0.6 is 0 Å². The molecule has 0 fully saturated rings. The van der Waals surface area contributed by atoms with Crippen molar-refractivity contribution >= 4 is 5.82 Å². The molecule has 1 aromatic heterocycles. The monoisotopic (exact) mass is 259 g/mol. The Morgan fingerprint density at radius 3 is 2.37 bits per heavy atom. The van der Waals surface area contributed by atoms with Crippen LogP contribution in [0, 0.1) is 0 Å². The van der Waals surface area contributed by atoms with E-state index in [1.807, 2.05) is 16.8 Å². The molecule has 0 saturated heterocycles. The molecule has 0 atom stereocenters. The lowest BCUT2D eigenvalue weighted by Gasteiger charge is -2.14. The van der Waals surface area contributed by atoms with Gasteiger partial charge >= 0.3 is 0 Å². The van der Waals surface area contributed by atoms with Crippen molar-refractivity contribution in [2.75, 3.05) is 11.9 Å². The number of nitrogens with zero attached hydrogens (tertiary/aromatic N) is 2. The molecule has 4 heteroatoms. The van der Waals surface area contributed by atoms with Crippen molar-refractivity contribution in [1.29, 1.82) is 0 Å². The fraction of sp³-hybridized carbons (Fsp3) is 0.400. The Morgan fingerprint density at radius 1 is 1.21 bits per heavy atom. The first-order valence-electron chi connectivity index (χ1n) is 6.55. The van der Waals surface area contributed by atoms with Crippen molar-refractivity contribution in [3.05, 3.63) is 36.0 Å². The average Bonchev–Trinajstić information content (AvgIpc) is 2.74. The van der Waals surface area contributed by atoms with Crippen LogP contribution in [0.15, 0.2) is 30.3 Å². The van der Waals surface area contributed by atoms with Gasteiger partial charge in [-0.2, -0.15) is 5.10 Å². The van der Waals surface area contributed by atoms with E-state index in [0.29, 0.717) is 0 Å². The van der Waals surface area contributed by atoms with E-state index >= 15 is 0 Å². The molecule has 102 valence electrons. The molecule has 0 bridgehead atoms. The Hall–Kier alpha value is -1.97. The van der Waals surface area contributed by atoms with Gasteiger partial charge in [0.1, 0.15) is 11.6 Å². The second-order valence-corrected chi connectivity index (χ2v) is 5.62. The van der Waals surface area contributed by atoms with E-state index in [1.54, 1.807) is 12.1 Å². The normalized spacial score (nSPS) is 11.6. The minimum absolute atomic E-state index is 0.00629. The predicted molar refractivity (Wildman–Crippen MR) is 78.1 cm³/mol. The minimum atomic E-state index is 0.00629. The molecule has 19 heavy (non-hydrogen) atoms. The second kappa shape index (κ2) is 4.96. The van der Waals surface area contributed by atoms with Gasteiger partial charge in [0.05, 0.1) is 11.4 Å². The largest absolute Gasteiger partial charge is 0.508 e. The number of phenolic OH excluding ortho intramolecular Hbond substituents is 1. The quantitative estimate of drug-likeness (QED) is 0.889. The van der Waals surface area contributed by atoms with Crippen LogP contribution in [0.5, 0.6) is 5.75 Å². The Morgan fingerprint density at radius 2 is 1.84 bits per heavy atom. The first-order valence-corrected chi connectivity index (χ1v) is 6.55. The number of hydrogen-bond acceptors (Lipinski definition) is 3. The first kappa shape index (κ1) is 13.5. The van der Waals surface area contributed by atoms with E-state index in [2.05, 4.69) is 44.2 Å². The van der Waals surface area contributed by atoms with Crippen LogP contribution in [0.3, 0.4) is 0 Å². The minimum Gasteiger partial charge on any atom is -0.508 e. The van der Waals surface area contributed by atoms with Gasteiger partial charge in [-0.1, -0.05) is 20.8 Å². The average molecular weight is 259 g/mol. The maximum Gasteiger partial charge on any atom is 0.130 e. The number of anilines is 1. The van der Waals surface area contributed by atoms with Gasteiger partial charge in [-0.05, 0) is 31.2 Å². The molecule has 0 saturated carbocycles. The standard InChI is InChI=1S/C15H21N3O/c1-5-16-14-10-13(15(2,3)4)17-18(14)11-6-8-12(19)9-7-11/h6-10,16,19H,5H2,1-4H3. The molecule has 2 aromatic rings. The van der Waals surface area contributed by atoms with Crippen molar-refractivity contribution in [3.8, 4) is 11.4 Å². The number of aromatic nitrogens is 2. The smallest absolute Gasteiger partial charge is 0.130 e. The molecular formula is C15H21N3O. The molecule has 0 spiro atoms. The highest BCUT2D eigenvalue weighted by Gasteiger charge is 2.20. The summed E-state index contributed by atoms with van der Waals surface area (Å²) >= 11 is 0. The third-order valence-corrected chi connectivity index (χ3v) is 2.93. The molecule has 4 nitrogen and oxygen atoms in total. The zero-order chi connectivity index (χ0) is 14.0. The van der Waals surface area contributed by atoms with Crippen LogP contribution < -0.4 is 5.32 Å². The summed E-state index contributed by atoms with van der Waals surface area (Å²) in [4.78, 5) is 0. The second-order valence-electron chi connectivity index (χ2n) is 5.62. The molecule has 0 aliphatic rings. The molecule has 0 aliphatic carbocycles. The Bertz CT molecular complexity index is 550. The highest BCUT2D eigenvalue weighted by molar-refractivity contribution is 5.48. The van der Waals surface area contributed by atoms with E-state index in [0.717, 1.165) is 23.7 Å². The fourth-order valence-corrected chi connectivity index (χ4v) is 1.85. The third kappa shape index (κ3) is 2.89. The molecule has 1 aromatic carbocycles. The van der Waals surface area contributed by atoms with Crippen LogP contribution in [0.25, 0.3) is 5.69 Å². The first-order chi connectivity index (χ1) is 8.91. The van der Waals surface area contributed by atoms with E-state index in [9.17, 15) is 5.11 Å². The number of nitrogens with one attached hydrogen (secondary N) is 1. The predicted octanol–water partition coefficient (Wildman–Crippen LogP) is 3.31. The number of benzene rings is 1. The zero-order valence-electron chi connectivity index (χ0n) is 11.9. The van der Waals surface area contributed by atoms with Gasteiger partial charge in [-0.3, -0.25) is 0 Å². The maximum atomic E-state index is 9.37. The van der Waals surface area contributed by atoms with Crippen LogP contribution in [0.2, 0.25) is 0 Å². The molecule has 0 amide bonds. The SMILES string of the molecule is CCNc1cc(C(C)(C)C)nn1-c1ccc(O)cc1. The van der Waals surface area contributed by atoms with Crippen molar-refractivity contribution in [2.24, 2.45) is 0 Å². The van der Waals surface area contributed by atoms with Crippen LogP contribution in [-0.4, -0.2) is 21.4 Å². The van der Waals surface area contributed by atoms with Gasteiger partial charge < -0.3 is 10.4 Å². The summed E-state index contributed by atoms with van der Waals surface area (Å²) < 4.78 is 1.88. The van der Waals surface area contributed by atoms with Crippen molar-refractivity contribution < 1.29 is 5.11 Å². The molecule has 1 heterocycles. The summed E-state index contributed by atoms with van der Waals surface area (Å²) in [7, 11) is 0. The third-order valence-electron chi connectivity index (χ3n) is 2.93. The number of phenols is 1. The molecule has 0 radical (unpaired) electrons. The van der Waals surface area contributed by atoms with E-state index < -0.39 is 0 Å². The van der Waals surface area contributed by atoms with Gasteiger partial charge in [-0.15, -0.1) is 0 Å². The summed E-state index contributed by atoms with van der Waals surface area (Å²) in [5, 5.41) is 17.4. The van der Waals surface area contributed by atoms with Gasteiger partial charge in [0.15, 0.2) is 0 Å². The van der Waals surface area contributed by atoms with Crippen molar-refractivity contribution in [2.45, 2.75) is 33.1 Å². The lowest BCUT2D eigenvalue weighted by molar-refractivity contribution is 0.475. The number of hydrogen-bond donors (Lipinski definition) is 2. The molecule has 2 N–H and O–H groups in total. The van der Waals surface area contributed by atoms with E-state index in [4.69, 9.17) is 0 Å². The van der Waals surface area contributed by atoms with Gasteiger partial charge in [0, 0.05) is 18.0 Å². The molecule has 0 aliphatic heterocycles. The van der Waals surface area contributed by atoms with Gasteiger partial charge in [0.25, 0.3) is 0 Å². The fourth-order valence-electron chi connectivity index (χ4n) is 1.85. The summed E-state index contributed by atoms with van der Waals surface area (Å²) in [5.74, 6) is 1.23. The summed E-state index contributed by atoms with van der Waals surface area (Å²) in [6.07, 6.45) is 0. The van der Waals surface area contributed by atoms with E-state index in [1.165, 1.54) is 0 Å². The Kier molecular flexibility index (Phi) is 3.51. The van der Waals surface area contributed by atoms with Crippen LogP contribution in [0.4, 0.5) is 5.82 Å². The van der Waals surface area contributed by atoms with E-state index in [-0.39, 0.29) is 11.2 Å². The van der Waals surface area contributed by atoms with Crippen molar-refractivity contribution in [3.63, 3.8) is 0 Å². The molecule has 0 unspecified atom stereocenters. The highest BCUT2D eigenvalue weighted by Crippen LogP contribution is 2.26. The van der Waals surface area contributed by atoms with Gasteiger partial charge in [-0.25, -0.2) is 4.68 Å². The topological polar surface area (TPSA) is 50.1 Å². The molecule has 2 rings (SSSR count). The number of aromatic hydroxyl groups is 1. The van der Waals surface area contributed by atoms with Crippen molar-refractivity contribution in [1.82, 2.24) is 9.78 Å².